The van der Waals surface area contributed by atoms with E-state index in [1.165, 1.54) is 0 Å². The number of hydrogen-bond donors (Lipinski definition) is 1. The molecule has 1 aliphatic heterocycles. The van der Waals surface area contributed by atoms with Crippen LogP contribution in [0.3, 0.4) is 0 Å². The van der Waals surface area contributed by atoms with Crippen LogP contribution in [0.15, 0.2) is 29.3 Å². The number of aliphatic imine (C=N–C) groups is 1. The molecule has 2 atom stereocenters. The Labute approximate surface area is 169 Å². The standard InChI is InChI=1S/C19H31N3O2.HI/c1-5-23-14-17-10-11-22(13-17)19(20-4)21-12-16(3)24-18-9-7-6-8-15(18)2;/h6-9,16-17H,5,10-14H2,1-4H3,(H,20,21);1H. The second-order valence-electron chi connectivity index (χ2n) is 6.38. The molecule has 1 heterocycles. The van der Waals surface area contributed by atoms with E-state index in [2.05, 4.69) is 35.1 Å². The highest BCUT2D eigenvalue weighted by atomic mass is 127. The van der Waals surface area contributed by atoms with Gasteiger partial charge in [-0.15, -0.1) is 24.0 Å². The summed E-state index contributed by atoms with van der Waals surface area (Å²) in [6, 6.07) is 8.11. The molecule has 6 heteroatoms. The summed E-state index contributed by atoms with van der Waals surface area (Å²) in [4.78, 5) is 6.73. The third-order valence-electron chi connectivity index (χ3n) is 4.32. The lowest BCUT2D eigenvalue weighted by Crippen LogP contribution is -2.43. The molecule has 0 bridgehead atoms. The first-order chi connectivity index (χ1) is 11.6. The number of likely N-dealkylation sites (tertiary alicyclic amines) is 1. The molecule has 0 aliphatic carbocycles. The highest BCUT2D eigenvalue weighted by Crippen LogP contribution is 2.18. The number of hydrogen-bond acceptors (Lipinski definition) is 3. The van der Waals surface area contributed by atoms with Crippen molar-refractivity contribution in [3.8, 4) is 5.75 Å². The molecule has 2 unspecified atom stereocenters. The Morgan fingerprint density at radius 2 is 2.16 bits per heavy atom. The number of ether oxygens (including phenoxy) is 2. The topological polar surface area (TPSA) is 46.1 Å². The minimum absolute atomic E-state index is 0. The fourth-order valence-electron chi connectivity index (χ4n) is 2.96. The van der Waals surface area contributed by atoms with E-state index in [9.17, 15) is 0 Å². The van der Waals surface area contributed by atoms with Gasteiger partial charge in [0, 0.05) is 32.7 Å². The fourth-order valence-corrected chi connectivity index (χ4v) is 2.96. The molecule has 2 rings (SSSR count). The number of nitrogens with zero attached hydrogens (tertiary/aromatic N) is 2. The SMILES string of the molecule is CCOCC1CCN(C(=NC)NCC(C)Oc2ccccc2C)C1.I. The van der Waals surface area contributed by atoms with Gasteiger partial charge >= 0.3 is 0 Å². The van der Waals surface area contributed by atoms with E-state index in [-0.39, 0.29) is 30.1 Å². The quantitative estimate of drug-likeness (QED) is 0.385. The van der Waals surface area contributed by atoms with E-state index < -0.39 is 0 Å². The molecule has 1 aliphatic rings. The number of aryl methyl sites for hydroxylation is 1. The highest BCUT2D eigenvalue weighted by molar-refractivity contribution is 14.0. The zero-order valence-electron chi connectivity index (χ0n) is 15.8. The molecular weight excluding hydrogens is 429 g/mol. The predicted molar refractivity (Wildman–Crippen MR) is 114 cm³/mol. The lowest BCUT2D eigenvalue weighted by molar-refractivity contribution is 0.114. The Balaban J connectivity index is 0.00000312. The summed E-state index contributed by atoms with van der Waals surface area (Å²) < 4.78 is 11.6. The van der Waals surface area contributed by atoms with Crippen molar-refractivity contribution in [3.63, 3.8) is 0 Å². The molecule has 0 radical (unpaired) electrons. The van der Waals surface area contributed by atoms with Crippen molar-refractivity contribution in [1.82, 2.24) is 10.2 Å². The van der Waals surface area contributed by atoms with E-state index in [1.807, 2.05) is 32.2 Å². The van der Waals surface area contributed by atoms with E-state index in [0.29, 0.717) is 5.92 Å². The van der Waals surface area contributed by atoms with E-state index >= 15 is 0 Å². The number of halogens is 1. The smallest absolute Gasteiger partial charge is 0.193 e. The molecule has 0 aromatic heterocycles. The number of benzene rings is 1. The Morgan fingerprint density at radius 1 is 1.40 bits per heavy atom. The van der Waals surface area contributed by atoms with Crippen LogP contribution in [0.25, 0.3) is 0 Å². The Bertz CT molecular complexity index is 539. The maximum absolute atomic E-state index is 6.02. The average Bonchev–Trinajstić information content (AvgIpc) is 3.04. The van der Waals surface area contributed by atoms with Crippen LogP contribution in [0.1, 0.15) is 25.8 Å². The van der Waals surface area contributed by atoms with Gasteiger partial charge in [-0.1, -0.05) is 18.2 Å². The van der Waals surface area contributed by atoms with Gasteiger partial charge in [0.1, 0.15) is 11.9 Å². The zero-order valence-corrected chi connectivity index (χ0v) is 18.2. The summed E-state index contributed by atoms with van der Waals surface area (Å²) in [7, 11) is 1.84. The molecule has 1 saturated heterocycles. The maximum Gasteiger partial charge on any atom is 0.193 e. The summed E-state index contributed by atoms with van der Waals surface area (Å²) in [5.74, 6) is 2.50. The maximum atomic E-state index is 6.02. The van der Waals surface area contributed by atoms with Crippen molar-refractivity contribution < 1.29 is 9.47 Å². The van der Waals surface area contributed by atoms with Gasteiger partial charge in [-0.05, 0) is 38.8 Å². The van der Waals surface area contributed by atoms with Crippen LogP contribution in [-0.2, 0) is 4.74 Å². The van der Waals surface area contributed by atoms with Crippen molar-refractivity contribution in [3.05, 3.63) is 29.8 Å². The largest absolute Gasteiger partial charge is 0.489 e. The molecule has 1 N–H and O–H groups in total. The van der Waals surface area contributed by atoms with Crippen LogP contribution >= 0.6 is 24.0 Å². The van der Waals surface area contributed by atoms with Crippen LogP contribution in [0, 0.1) is 12.8 Å². The molecule has 1 aromatic rings. The Morgan fingerprint density at radius 3 is 2.84 bits per heavy atom. The van der Waals surface area contributed by atoms with Gasteiger partial charge in [0.2, 0.25) is 0 Å². The lowest BCUT2D eigenvalue weighted by atomic mass is 10.1. The van der Waals surface area contributed by atoms with Crippen molar-refractivity contribution in [2.24, 2.45) is 10.9 Å². The first-order valence-electron chi connectivity index (χ1n) is 8.89. The summed E-state index contributed by atoms with van der Waals surface area (Å²) in [5, 5.41) is 3.44. The van der Waals surface area contributed by atoms with Crippen molar-refractivity contribution >= 4 is 29.9 Å². The van der Waals surface area contributed by atoms with Crippen LogP contribution in [0.4, 0.5) is 0 Å². The first kappa shape index (κ1) is 22.0. The number of guanidine groups is 1. The van der Waals surface area contributed by atoms with Gasteiger partial charge in [-0.2, -0.15) is 0 Å². The fraction of sp³-hybridized carbons (Fsp3) is 0.632. The molecule has 0 amide bonds. The molecule has 1 aromatic carbocycles. The Hall–Kier alpha value is -1.02. The third kappa shape index (κ3) is 7.01. The van der Waals surface area contributed by atoms with E-state index in [4.69, 9.17) is 9.47 Å². The molecule has 142 valence electrons. The van der Waals surface area contributed by atoms with Gasteiger partial charge in [0.15, 0.2) is 5.96 Å². The molecule has 0 spiro atoms. The number of rotatable bonds is 7. The van der Waals surface area contributed by atoms with Gasteiger partial charge in [0.25, 0.3) is 0 Å². The number of nitrogens with one attached hydrogen (secondary N) is 1. The average molecular weight is 461 g/mol. The summed E-state index contributed by atoms with van der Waals surface area (Å²) in [6.45, 7) is 10.6. The van der Waals surface area contributed by atoms with Crippen LogP contribution in [0.2, 0.25) is 0 Å². The molecule has 1 fully saturated rings. The monoisotopic (exact) mass is 461 g/mol. The minimum atomic E-state index is 0. The van der Waals surface area contributed by atoms with E-state index in [0.717, 1.165) is 56.5 Å². The first-order valence-corrected chi connectivity index (χ1v) is 8.89. The lowest BCUT2D eigenvalue weighted by Gasteiger charge is -2.24. The molecule has 0 saturated carbocycles. The highest BCUT2D eigenvalue weighted by Gasteiger charge is 2.25. The summed E-state index contributed by atoms with van der Waals surface area (Å²) in [6.07, 6.45) is 1.24. The summed E-state index contributed by atoms with van der Waals surface area (Å²) >= 11 is 0. The second kappa shape index (κ2) is 11.6. The normalized spacial score (nSPS) is 18.6. The molecule has 25 heavy (non-hydrogen) atoms. The van der Waals surface area contributed by atoms with Crippen LogP contribution < -0.4 is 10.1 Å². The molecule has 5 nitrogen and oxygen atoms in total. The minimum Gasteiger partial charge on any atom is -0.489 e. The molecular formula is C19H32IN3O2. The van der Waals surface area contributed by atoms with Crippen molar-refractivity contribution in [2.75, 3.05) is 39.9 Å². The van der Waals surface area contributed by atoms with Crippen LogP contribution in [-0.4, -0.2) is 56.9 Å². The number of para-hydroxylation sites is 1. The Kier molecular flexibility index (Phi) is 10.2. The predicted octanol–water partition coefficient (Wildman–Crippen LogP) is 3.31. The van der Waals surface area contributed by atoms with Gasteiger partial charge in [-0.3, -0.25) is 4.99 Å². The van der Waals surface area contributed by atoms with Crippen LogP contribution in [0.5, 0.6) is 5.75 Å². The van der Waals surface area contributed by atoms with Gasteiger partial charge in [0.05, 0.1) is 13.2 Å². The zero-order chi connectivity index (χ0) is 17.4. The van der Waals surface area contributed by atoms with E-state index in [1.54, 1.807) is 0 Å². The van der Waals surface area contributed by atoms with Gasteiger partial charge < -0.3 is 19.7 Å². The van der Waals surface area contributed by atoms with Crippen molar-refractivity contribution in [2.45, 2.75) is 33.3 Å². The second-order valence-corrected chi connectivity index (χ2v) is 6.38. The van der Waals surface area contributed by atoms with Crippen molar-refractivity contribution in [1.29, 1.82) is 0 Å². The summed E-state index contributed by atoms with van der Waals surface area (Å²) in [5.41, 5.74) is 1.16. The third-order valence-corrected chi connectivity index (χ3v) is 4.32. The van der Waals surface area contributed by atoms with Gasteiger partial charge in [-0.25, -0.2) is 0 Å².